The van der Waals surface area contributed by atoms with Crippen LogP contribution in [0.3, 0.4) is 0 Å². The molecule has 1 amide bonds. The highest BCUT2D eigenvalue weighted by Crippen LogP contribution is 2.33. The molecule has 164 valence electrons. The molecule has 32 heavy (non-hydrogen) atoms. The second-order valence-corrected chi connectivity index (χ2v) is 8.19. The van der Waals surface area contributed by atoms with Crippen molar-refractivity contribution in [3.63, 3.8) is 0 Å². The van der Waals surface area contributed by atoms with Crippen LogP contribution in [0.25, 0.3) is 27.7 Å². The fourth-order valence-corrected chi connectivity index (χ4v) is 3.63. The smallest absolute Gasteiger partial charge is 0.379 e. The Morgan fingerprint density at radius 3 is 2.56 bits per heavy atom. The number of hydrogen-bond donors (Lipinski definition) is 2. The lowest BCUT2D eigenvalue weighted by Crippen LogP contribution is -2.49. The van der Waals surface area contributed by atoms with E-state index >= 15 is 0 Å². The van der Waals surface area contributed by atoms with Crippen LogP contribution in [0.2, 0.25) is 0 Å². The zero-order valence-electron chi connectivity index (χ0n) is 17.0. The van der Waals surface area contributed by atoms with Gasteiger partial charge in [-0.25, -0.2) is 4.68 Å². The first kappa shape index (κ1) is 20.3. The number of aromatic nitrogens is 3. The number of anilines is 1. The largest absolute Gasteiger partial charge is 0.416 e. The molecule has 1 aliphatic rings. The van der Waals surface area contributed by atoms with Crippen molar-refractivity contribution in [2.24, 2.45) is 5.41 Å². The Morgan fingerprint density at radius 1 is 1.16 bits per heavy atom. The molecule has 5 rings (SSSR count). The Labute approximate surface area is 181 Å². The topological polar surface area (TPSA) is 71.9 Å². The van der Waals surface area contributed by atoms with Crippen LogP contribution in [0.1, 0.15) is 12.5 Å². The molecule has 3 heterocycles. The molecule has 9 heteroatoms. The van der Waals surface area contributed by atoms with Crippen LogP contribution in [0.4, 0.5) is 18.9 Å². The van der Waals surface area contributed by atoms with E-state index in [9.17, 15) is 18.0 Å². The van der Waals surface area contributed by atoms with Gasteiger partial charge in [0.05, 0.1) is 41.8 Å². The van der Waals surface area contributed by atoms with Gasteiger partial charge in [0.1, 0.15) is 0 Å². The molecule has 4 aromatic rings. The molecular weight excluding hydrogens is 421 g/mol. The highest BCUT2D eigenvalue weighted by molar-refractivity contribution is 6.04. The van der Waals surface area contributed by atoms with Crippen LogP contribution < -0.4 is 5.32 Å². The maximum Gasteiger partial charge on any atom is 0.416 e. The minimum atomic E-state index is -4.38. The predicted molar refractivity (Wildman–Crippen MR) is 113 cm³/mol. The van der Waals surface area contributed by atoms with Gasteiger partial charge in [-0.2, -0.15) is 18.3 Å². The Balaban J connectivity index is 1.42. The lowest BCUT2D eigenvalue weighted by atomic mass is 9.87. The Bertz CT molecular complexity index is 1300. The molecule has 1 saturated heterocycles. The summed E-state index contributed by atoms with van der Waals surface area (Å²) in [5.74, 6) is -0.0924. The van der Waals surface area contributed by atoms with Crippen molar-refractivity contribution in [2.45, 2.75) is 13.1 Å². The van der Waals surface area contributed by atoms with Gasteiger partial charge >= 0.3 is 6.18 Å². The second-order valence-electron chi connectivity index (χ2n) is 8.19. The number of alkyl halides is 3. The van der Waals surface area contributed by atoms with E-state index in [0.717, 1.165) is 34.2 Å². The number of ether oxygens (including phenoxy) is 1. The predicted octanol–water partition coefficient (Wildman–Crippen LogP) is 5.01. The summed E-state index contributed by atoms with van der Waals surface area (Å²) in [6.07, 6.45) is 0.773. The molecule has 0 radical (unpaired) electrons. The fourth-order valence-electron chi connectivity index (χ4n) is 3.63. The minimum Gasteiger partial charge on any atom is -0.379 e. The number of amides is 1. The lowest BCUT2D eigenvalue weighted by molar-refractivity contribution is -0.151. The summed E-state index contributed by atoms with van der Waals surface area (Å²) in [6.45, 7) is 2.66. The van der Waals surface area contributed by atoms with Gasteiger partial charge in [-0.1, -0.05) is 6.07 Å². The molecule has 2 N–H and O–H groups in total. The highest BCUT2D eigenvalue weighted by atomic mass is 19.4. The van der Waals surface area contributed by atoms with Crippen LogP contribution in [0.15, 0.2) is 61.1 Å². The number of aromatic amines is 1. The maximum atomic E-state index is 12.8. The minimum absolute atomic E-state index is 0.0924. The van der Waals surface area contributed by atoms with Gasteiger partial charge in [0.15, 0.2) is 0 Å². The third-order valence-electron chi connectivity index (χ3n) is 5.69. The van der Waals surface area contributed by atoms with Crippen LogP contribution in [-0.2, 0) is 15.7 Å². The zero-order chi connectivity index (χ0) is 22.5. The van der Waals surface area contributed by atoms with Gasteiger partial charge in [0, 0.05) is 28.9 Å². The van der Waals surface area contributed by atoms with Crippen molar-refractivity contribution in [1.82, 2.24) is 14.8 Å². The van der Waals surface area contributed by atoms with Crippen LogP contribution in [-0.4, -0.2) is 33.9 Å². The molecule has 1 fully saturated rings. The van der Waals surface area contributed by atoms with Gasteiger partial charge in [0.25, 0.3) is 0 Å². The molecule has 0 unspecified atom stereocenters. The van der Waals surface area contributed by atoms with Crippen molar-refractivity contribution in [1.29, 1.82) is 0 Å². The molecule has 0 saturated carbocycles. The lowest BCUT2D eigenvalue weighted by Gasteiger charge is -2.36. The summed E-state index contributed by atoms with van der Waals surface area (Å²) < 4.78 is 45.1. The van der Waals surface area contributed by atoms with Gasteiger partial charge in [-0.15, -0.1) is 0 Å². The number of fused-ring (bicyclic) bond motifs is 1. The SMILES string of the molecule is CC1(C(=O)Nc2c[nH]c3ccc(-c4cnn(-c5ccc(C(F)(F)F)cc5)c4)cc23)COC1. The monoisotopic (exact) mass is 440 g/mol. The second kappa shape index (κ2) is 7.23. The van der Waals surface area contributed by atoms with Crippen molar-refractivity contribution in [2.75, 3.05) is 18.5 Å². The summed E-state index contributed by atoms with van der Waals surface area (Å²) in [7, 11) is 0. The summed E-state index contributed by atoms with van der Waals surface area (Å²) in [6, 6.07) is 10.6. The third kappa shape index (κ3) is 3.54. The standard InChI is InChI=1S/C23H19F3N4O2/c1-22(12-32-13-22)21(31)29-20-10-27-19-7-2-14(8-18(19)20)15-9-28-30(11-15)17-5-3-16(4-6-17)23(24,25)26/h2-11,27H,12-13H2,1H3,(H,29,31). The number of halogens is 3. The number of carbonyl (C=O) groups is 1. The first-order valence-corrected chi connectivity index (χ1v) is 9.96. The van der Waals surface area contributed by atoms with Crippen molar-refractivity contribution in [3.05, 3.63) is 66.6 Å². The van der Waals surface area contributed by atoms with E-state index in [1.807, 2.05) is 25.1 Å². The average Bonchev–Trinajstić information content (AvgIpc) is 3.39. The van der Waals surface area contributed by atoms with Gasteiger partial charge in [0.2, 0.25) is 5.91 Å². The molecule has 6 nitrogen and oxygen atoms in total. The summed E-state index contributed by atoms with van der Waals surface area (Å²) in [5.41, 5.74) is 2.50. The first-order chi connectivity index (χ1) is 15.2. The first-order valence-electron chi connectivity index (χ1n) is 9.96. The average molecular weight is 440 g/mol. The van der Waals surface area contributed by atoms with E-state index in [-0.39, 0.29) is 5.91 Å². The molecule has 0 spiro atoms. The van der Waals surface area contributed by atoms with Crippen molar-refractivity contribution in [3.8, 4) is 16.8 Å². The summed E-state index contributed by atoms with van der Waals surface area (Å²) in [5, 5.41) is 8.11. The third-order valence-corrected chi connectivity index (χ3v) is 5.69. The van der Waals surface area contributed by atoms with E-state index in [2.05, 4.69) is 15.4 Å². The number of carbonyl (C=O) groups excluding carboxylic acids is 1. The maximum absolute atomic E-state index is 12.8. The fraction of sp³-hybridized carbons (Fsp3) is 0.217. The van der Waals surface area contributed by atoms with E-state index in [1.165, 1.54) is 16.8 Å². The van der Waals surface area contributed by atoms with Crippen LogP contribution in [0, 0.1) is 5.41 Å². The van der Waals surface area contributed by atoms with E-state index < -0.39 is 17.2 Å². The number of nitrogens with zero attached hydrogens (tertiary/aromatic N) is 2. The van der Waals surface area contributed by atoms with Gasteiger partial charge in [-0.3, -0.25) is 4.79 Å². The normalized spacial score (nSPS) is 15.5. The van der Waals surface area contributed by atoms with E-state index in [0.29, 0.717) is 24.6 Å². The zero-order valence-corrected chi connectivity index (χ0v) is 17.0. The van der Waals surface area contributed by atoms with Crippen LogP contribution in [0.5, 0.6) is 0 Å². The molecule has 1 aliphatic heterocycles. The van der Waals surface area contributed by atoms with Gasteiger partial charge < -0.3 is 15.0 Å². The molecule has 0 bridgehead atoms. The molecule has 2 aromatic carbocycles. The van der Waals surface area contributed by atoms with Crippen molar-refractivity contribution < 1.29 is 22.7 Å². The molecule has 0 atom stereocenters. The van der Waals surface area contributed by atoms with Gasteiger partial charge in [-0.05, 0) is 48.9 Å². The van der Waals surface area contributed by atoms with Crippen molar-refractivity contribution >= 4 is 22.5 Å². The number of rotatable bonds is 4. The molecular formula is C23H19F3N4O2. The molecule has 2 aromatic heterocycles. The molecule has 0 aliphatic carbocycles. The number of hydrogen-bond acceptors (Lipinski definition) is 3. The number of H-pyrrole nitrogens is 1. The quantitative estimate of drug-likeness (QED) is 0.468. The van der Waals surface area contributed by atoms with E-state index in [1.54, 1.807) is 18.6 Å². The Kier molecular flexibility index (Phi) is 4.59. The number of benzene rings is 2. The summed E-state index contributed by atoms with van der Waals surface area (Å²) in [4.78, 5) is 15.7. The Morgan fingerprint density at radius 2 is 1.91 bits per heavy atom. The number of nitrogens with one attached hydrogen (secondary N) is 2. The summed E-state index contributed by atoms with van der Waals surface area (Å²) >= 11 is 0. The van der Waals surface area contributed by atoms with Crippen LogP contribution >= 0.6 is 0 Å². The highest BCUT2D eigenvalue weighted by Gasteiger charge is 2.41. The van der Waals surface area contributed by atoms with E-state index in [4.69, 9.17) is 4.74 Å². The Hall–Kier alpha value is -3.59.